The molecule has 1 aliphatic heterocycles. The van der Waals surface area contributed by atoms with Gasteiger partial charge in [-0.1, -0.05) is 18.7 Å². The maximum absolute atomic E-state index is 11.9. The van der Waals surface area contributed by atoms with Crippen LogP contribution in [0.1, 0.15) is 12.8 Å². The summed E-state index contributed by atoms with van der Waals surface area (Å²) >= 11 is 0. The second-order valence-electron chi connectivity index (χ2n) is 4.81. The maximum atomic E-state index is 11.9. The van der Waals surface area contributed by atoms with Gasteiger partial charge in [0.2, 0.25) is 11.9 Å². The Hall–Kier alpha value is -2.30. The maximum Gasteiger partial charge on any atom is 0.246 e. The number of para-hydroxylation sites is 2. The first kappa shape index (κ1) is 11.8. The van der Waals surface area contributed by atoms with Crippen LogP contribution in [0.25, 0.3) is 11.0 Å². The van der Waals surface area contributed by atoms with E-state index in [4.69, 9.17) is 0 Å². The third kappa shape index (κ3) is 2.07. The van der Waals surface area contributed by atoms with Gasteiger partial charge in [-0.05, 0) is 25.0 Å². The summed E-state index contributed by atoms with van der Waals surface area (Å²) in [6, 6.07) is 7.65. The smallest absolute Gasteiger partial charge is 0.246 e. The number of nitrogens with one attached hydrogen (secondary N) is 2. The van der Waals surface area contributed by atoms with Crippen LogP contribution in [0.2, 0.25) is 0 Å². The van der Waals surface area contributed by atoms with Gasteiger partial charge >= 0.3 is 0 Å². The van der Waals surface area contributed by atoms with Crippen LogP contribution in [0, 0.1) is 0 Å². The summed E-state index contributed by atoms with van der Waals surface area (Å²) in [4.78, 5) is 16.4. The number of nitrogens with zero attached hydrogens (tertiary/aromatic N) is 2. The van der Waals surface area contributed by atoms with Crippen molar-refractivity contribution in [1.29, 1.82) is 0 Å². The average Bonchev–Trinajstić information content (AvgIpc) is 2.70. The predicted octanol–water partition coefficient (Wildman–Crippen LogP) is 1.78. The molecule has 1 unspecified atom stereocenters. The summed E-state index contributed by atoms with van der Waals surface area (Å²) < 4.78 is 1.96. The van der Waals surface area contributed by atoms with Crippen LogP contribution in [-0.4, -0.2) is 21.5 Å². The highest BCUT2D eigenvalue weighted by molar-refractivity contribution is 5.87. The molecular formula is C14H16N4O. The van der Waals surface area contributed by atoms with Crippen molar-refractivity contribution in [1.82, 2.24) is 14.9 Å². The monoisotopic (exact) mass is 256 g/mol. The molecule has 2 N–H and O–H groups in total. The first-order chi connectivity index (χ1) is 9.15. The molecule has 1 atom stereocenters. The van der Waals surface area contributed by atoms with Crippen molar-refractivity contribution in [2.75, 3.05) is 5.32 Å². The lowest BCUT2D eigenvalue weighted by Gasteiger charge is -2.24. The molecule has 3 rings (SSSR count). The number of hydrogen-bond acceptors (Lipinski definition) is 3. The van der Waals surface area contributed by atoms with E-state index in [1.54, 1.807) is 0 Å². The van der Waals surface area contributed by atoms with Gasteiger partial charge in [0.05, 0.1) is 11.0 Å². The number of benzene rings is 1. The molecule has 1 fully saturated rings. The van der Waals surface area contributed by atoms with Crippen molar-refractivity contribution in [3.05, 3.63) is 36.5 Å². The Kier molecular flexibility index (Phi) is 2.74. The van der Waals surface area contributed by atoms with Crippen LogP contribution < -0.4 is 10.6 Å². The van der Waals surface area contributed by atoms with E-state index in [1.165, 1.54) is 0 Å². The molecule has 2 aromatic rings. The molecular weight excluding hydrogens is 240 g/mol. The number of aromatic nitrogens is 2. The van der Waals surface area contributed by atoms with Crippen LogP contribution in [0.5, 0.6) is 0 Å². The molecule has 1 aromatic carbocycles. The number of aryl methyl sites for hydroxylation is 1. The zero-order valence-corrected chi connectivity index (χ0v) is 10.8. The summed E-state index contributed by atoms with van der Waals surface area (Å²) in [6.07, 6.45) is 1.54. The Morgan fingerprint density at radius 2 is 2.26 bits per heavy atom. The fourth-order valence-corrected chi connectivity index (χ4v) is 2.34. The number of fused-ring (bicyclic) bond motifs is 1. The van der Waals surface area contributed by atoms with Crippen LogP contribution >= 0.6 is 0 Å². The van der Waals surface area contributed by atoms with Gasteiger partial charge in [0, 0.05) is 12.7 Å². The van der Waals surface area contributed by atoms with Gasteiger partial charge in [-0.3, -0.25) is 4.79 Å². The third-order valence-electron chi connectivity index (χ3n) is 3.44. The third-order valence-corrected chi connectivity index (χ3v) is 3.44. The summed E-state index contributed by atoms with van der Waals surface area (Å²) in [5.41, 5.74) is 2.76. The van der Waals surface area contributed by atoms with Gasteiger partial charge in [0.1, 0.15) is 6.04 Å². The van der Waals surface area contributed by atoms with Gasteiger partial charge in [0.25, 0.3) is 0 Å². The Labute approximate surface area is 111 Å². The molecule has 2 heterocycles. The number of carbonyl (C=O) groups is 1. The topological polar surface area (TPSA) is 59.0 Å². The molecule has 0 saturated carbocycles. The summed E-state index contributed by atoms with van der Waals surface area (Å²) in [5.74, 6) is 0.678. The molecule has 1 saturated heterocycles. The number of allylic oxidation sites excluding steroid dienone is 1. The van der Waals surface area contributed by atoms with E-state index >= 15 is 0 Å². The molecule has 0 radical (unpaired) electrons. The Bertz CT molecular complexity index is 659. The fraction of sp³-hybridized carbons (Fsp3) is 0.286. The number of rotatable bonds is 2. The molecule has 5 nitrogen and oxygen atoms in total. The Morgan fingerprint density at radius 3 is 3.00 bits per heavy atom. The van der Waals surface area contributed by atoms with Gasteiger partial charge in [0.15, 0.2) is 0 Å². The molecule has 5 heteroatoms. The van der Waals surface area contributed by atoms with E-state index in [2.05, 4.69) is 22.2 Å². The molecule has 19 heavy (non-hydrogen) atoms. The quantitative estimate of drug-likeness (QED) is 0.861. The molecule has 0 spiro atoms. The highest BCUT2D eigenvalue weighted by Gasteiger charge is 2.25. The van der Waals surface area contributed by atoms with Crippen molar-refractivity contribution >= 4 is 22.9 Å². The summed E-state index contributed by atoms with van der Waals surface area (Å²) in [5, 5.41) is 5.98. The van der Waals surface area contributed by atoms with E-state index in [-0.39, 0.29) is 11.9 Å². The zero-order chi connectivity index (χ0) is 13.4. The fourth-order valence-electron chi connectivity index (χ4n) is 2.34. The predicted molar refractivity (Wildman–Crippen MR) is 74.6 cm³/mol. The average molecular weight is 256 g/mol. The minimum Gasteiger partial charge on any atom is -0.344 e. The number of carbonyl (C=O) groups excluding carboxylic acids is 1. The minimum atomic E-state index is -0.249. The van der Waals surface area contributed by atoms with Crippen molar-refractivity contribution in [3.63, 3.8) is 0 Å². The molecule has 1 aliphatic rings. The first-order valence-electron chi connectivity index (χ1n) is 6.32. The minimum absolute atomic E-state index is 0.0386. The van der Waals surface area contributed by atoms with Crippen LogP contribution in [0.3, 0.4) is 0 Å². The van der Waals surface area contributed by atoms with Gasteiger partial charge < -0.3 is 15.2 Å². The van der Waals surface area contributed by atoms with Crippen molar-refractivity contribution in [3.8, 4) is 0 Å². The van der Waals surface area contributed by atoms with E-state index in [0.29, 0.717) is 5.95 Å². The SMILES string of the molecule is C=C1CCC(Nc2nc3ccccc3n2C)C(=O)N1. The van der Waals surface area contributed by atoms with Crippen molar-refractivity contribution in [2.24, 2.45) is 7.05 Å². The molecule has 1 amide bonds. The number of anilines is 1. The normalized spacial score (nSPS) is 19.5. The Morgan fingerprint density at radius 1 is 1.47 bits per heavy atom. The second kappa shape index (κ2) is 4.42. The standard InChI is InChI=1S/C14H16N4O/c1-9-7-8-11(13(19)15-9)17-14-16-10-5-3-4-6-12(10)18(14)2/h3-6,11H,1,7-8H2,2H3,(H,15,19)(H,16,17). The summed E-state index contributed by atoms with van der Waals surface area (Å²) in [6.45, 7) is 3.78. The number of imidazole rings is 1. The van der Waals surface area contributed by atoms with E-state index in [9.17, 15) is 4.79 Å². The lowest BCUT2D eigenvalue weighted by Crippen LogP contribution is -2.43. The zero-order valence-electron chi connectivity index (χ0n) is 10.8. The highest BCUT2D eigenvalue weighted by atomic mass is 16.2. The Balaban J connectivity index is 1.87. The molecule has 1 aromatic heterocycles. The van der Waals surface area contributed by atoms with E-state index in [1.807, 2.05) is 35.9 Å². The molecule has 0 bridgehead atoms. The van der Waals surface area contributed by atoms with Crippen molar-refractivity contribution in [2.45, 2.75) is 18.9 Å². The van der Waals surface area contributed by atoms with E-state index in [0.717, 1.165) is 29.6 Å². The van der Waals surface area contributed by atoms with Gasteiger partial charge in [-0.2, -0.15) is 0 Å². The van der Waals surface area contributed by atoms with Gasteiger partial charge in [-0.25, -0.2) is 4.98 Å². The molecule has 0 aliphatic carbocycles. The van der Waals surface area contributed by atoms with Crippen LogP contribution in [-0.2, 0) is 11.8 Å². The van der Waals surface area contributed by atoms with E-state index < -0.39 is 0 Å². The second-order valence-corrected chi connectivity index (χ2v) is 4.81. The largest absolute Gasteiger partial charge is 0.344 e. The summed E-state index contributed by atoms with van der Waals surface area (Å²) in [7, 11) is 1.94. The van der Waals surface area contributed by atoms with Crippen LogP contribution in [0.4, 0.5) is 5.95 Å². The van der Waals surface area contributed by atoms with Crippen molar-refractivity contribution < 1.29 is 4.79 Å². The number of piperidine rings is 1. The van der Waals surface area contributed by atoms with Crippen LogP contribution in [0.15, 0.2) is 36.5 Å². The lowest BCUT2D eigenvalue weighted by atomic mass is 10.1. The molecule has 98 valence electrons. The lowest BCUT2D eigenvalue weighted by molar-refractivity contribution is -0.122. The first-order valence-corrected chi connectivity index (χ1v) is 6.32. The number of hydrogen-bond donors (Lipinski definition) is 2. The number of amides is 1. The highest BCUT2D eigenvalue weighted by Crippen LogP contribution is 2.20. The van der Waals surface area contributed by atoms with Gasteiger partial charge in [-0.15, -0.1) is 0 Å².